The fourth-order valence-corrected chi connectivity index (χ4v) is 4.31. The van der Waals surface area contributed by atoms with E-state index >= 15 is 0 Å². The molecule has 1 aliphatic heterocycles. The van der Waals surface area contributed by atoms with Gasteiger partial charge in [0.1, 0.15) is 5.83 Å². The molecule has 0 spiro atoms. The van der Waals surface area contributed by atoms with Gasteiger partial charge in [-0.25, -0.2) is 4.39 Å². The summed E-state index contributed by atoms with van der Waals surface area (Å²) < 4.78 is 14.2. The number of rotatable bonds is 1. The van der Waals surface area contributed by atoms with Crippen LogP contribution in [0.4, 0.5) is 4.39 Å². The van der Waals surface area contributed by atoms with Crippen LogP contribution in [0.25, 0.3) is 0 Å². The molecule has 1 nitrogen and oxygen atoms in total. The van der Waals surface area contributed by atoms with Crippen LogP contribution in [0.5, 0.6) is 0 Å². The summed E-state index contributed by atoms with van der Waals surface area (Å²) >= 11 is 0. The molecule has 0 saturated carbocycles. The molecule has 0 amide bonds. The predicted molar refractivity (Wildman–Crippen MR) is 98.0 cm³/mol. The summed E-state index contributed by atoms with van der Waals surface area (Å²) in [5.74, 6) is 0.742. The maximum absolute atomic E-state index is 14.2. The third-order valence-electron chi connectivity index (χ3n) is 5.30. The van der Waals surface area contributed by atoms with Crippen LogP contribution in [0.2, 0.25) is 0 Å². The Hall–Kier alpha value is -2.22. The highest BCUT2D eigenvalue weighted by Crippen LogP contribution is 2.45. The van der Waals surface area contributed by atoms with Crippen molar-refractivity contribution in [3.63, 3.8) is 0 Å². The molecular weight excluding hydrogens is 297 g/mol. The highest BCUT2D eigenvalue weighted by Gasteiger charge is 2.39. The van der Waals surface area contributed by atoms with Gasteiger partial charge in [-0.1, -0.05) is 48.4 Å². The van der Waals surface area contributed by atoms with Crippen molar-refractivity contribution in [3.05, 3.63) is 82.2 Å². The first-order valence-corrected chi connectivity index (χ1v) is 8.64. The first kappa shape index (κ1) is 15.3. The predicted octanol–water partition coefficient (Wildman–Crippen LogP) is 5.26. The normalized spacial score (nSPS) is 28.2. The zero-order valence-corrected chi connectivity index (χ0v) is 14.4. The van der Waals surface area contributed by atoms with Crippen LogP contribution >= 0.6 is 0 Å². The van der Waals surface area contributed by atoms with E-state index in [0.29, 0.717) is 11.8 Å². The average molecular weight is 319 g/mol. The van der Waals surface area contributed by atoms with Crippen molar-refractivity contribution in [2.75, 3.05) is 6.54 Å². The summed E-state index contributed by atoms with van der Waals surface area (Å²) in [5.41, 5.74) is 6.85. The number of fused-ring (bicyclic) bond motifs is 3. The quantitative estimate of drug-likeness (QED) is 0.669. The third-order valence-corrected chi connectivity index (χ3v) is 5.30. The van der Waals surface area contributed by atoms with E-state index in [1.54, 1.807) is 6.08 Å². The molecule has 3 unspecified atom stereocenters. The van der Waals surface area contributed by atoms with Gasteiger partial charge in [0.2, 0.25) is 0 Å². The molecule has 0 saturated heterocycles. The molecule has 24 heavy (non-hydrogen) atoms. The summed E-state index contributed by atoms with van der Waals surface area (Å²) in [4.78, 5) is 4.89. The molecule has 0 fully saturated rings. The van der Waals surface area contributed by atoms with E-state index in [2.05, 4.69) is 51.1 Å². The van der Waals surface area contributed by atoms with E-state index in [1.807, 2.05) is 12.2 Å². The van der Waals surface area contributed by atoms with Crippen molar-refractivity contribution < 1.29 is 4.39 Å². The van der Waals surface area contributed by atoms with E-state index < -0.39 is 0 Å². The number of aliphatic imine (C=N–C) groups is 1. The molecule has 0 bridgehead atoms. The molecular formula is C22H22FN. The van der Waals surface area contributed by atoms with Gasteiger partial charge in [0.05, 0.1) is 5.71 Å². The zero-order chi connectivity index (χ0) is 16.8. The first-order valence-electron chi connectivity index (χ1n) is 8.64. The van der Waals surface area contributed by atoms with Crippen molar-refractivity contribution >= 4 is 5.71 Å². The summed E-state index contributed by atoms with van der Waals surface area (Å²) in [7, 11) is 0. The van der Waals surface area contributed by atoms with Crippen molar-refractivity contribution in [2.24, 2.45) is 22.7 Å². The van der Waals surface area contributed by atoms with Gasteiger partial charge in [0.15, 0.2) is 0 Å². The Bertz CT molecular complexity index is 830. The lowest BCUT2D eigenvalue weighted by atomic mass is 9.66. The SMILES string of the molecule is Cc1cc(C)cc(C2=NCC(C)C3C2=CC=C2C(F)=CC=CC23)c1. The molecule has 1 heterocycles. The summed E-state index contributed by atoms with van der Waals surface area (Å²) in [5, 5.41) is 0. The van der Waals surface area contributed by atoms with Gasteiger partial charge >= 0.3 is 0 Å². The molecule has 0 N–H and O–H groups in total. The second-order valence-electron chi connectivity index (χ2n) is 7.24. The summed E-state index contributed by atoms with van der Waals surface area (Å²) in [6, 6.07) is 6.59. The Morgan fingerprint density at radius 2 is 1.71 bits per heavy atom. The number of halogens is 1. The number of nitrogens with zero attached hydrogens (tertiary/aromatic N) is 1. The lowest BCUT2D eigenvalue weighted by Gasteiger charge is -2.39. The summed E-state index contributed by atoms with van der Waals surface area (Å²) in [6.45, 7) is 7.27. The Morgan fingerprint density at radius 3 is 2.46 bits per heavy atom. The second kappa shape index (κ2) is 5.70. The minimum absolute atomic E-state index is 0.0968. The van der Waals surface area contributed by atoms with Gasteiger partial charge in [-0.05, 0) is 49.1 Å². The van der Waals surface area contributed by atoms with Crippen LogP contribution in [0.1, 0.15) is 23.6 Å². The number of aryl methyl sites for hydroxylation is 2. The highest BCUT2D eigenvalue weighted by atomic mass is 19.1. The van der Waals surface area contributed by atoms with Crippen LogP contribution in [-0.4, -0.2) is 12.3 Å². The molecule has 2 heteroatoms. The highest BCUT2D eigenvalue weighted by molar-refractivity contribution is 6.14. The Labute approximate surface area is 143 Å². The van der Waals surface area contributed by atoms with Crippen LogP contribution in [-0.2, 0) is 0 Å². The number of benzene rings is 1. The van der Waals surface area contributed by atoms with E-state index in [4.69, 9.17) is 4.99 Å². The van der Waals surface area contributed by atoms with Crippen LogP contribution < -0.4 is 0 Å². The van der Waals surface area contributed by atoms with Crippen LogP contribution in [0.15, 0.2) is 70.5 Å². The Morgan fingerprint density at radius 1 is 1.00 bits per heavy atom. The summed E-state index contributed by atoms with van der Waals surface area (Å²) in [6.07, 6.45) is 9.60. The Balaban J connectivity index is 1.84. The molecule has 1 aromatic rings. The molecule has 3 aliphatic rings. The lowest BCUT2D eigenvalue weighted by Crippen LogP contribution is -2.35. The van der Waals surface area contributed by atoms with Crippen molar-refractivity contribution in [1.82, 2.24) is 0 Å². The number of hydrogen-bond acceptors (Lipinski definition) is 1. The van der Waals surface area contributed by atoms with Gasteiger partial charge in [0, 0.05) is 23.9 Å². The van der Waals surface area contributed by atoms with Gasteiger partial charge in [-0.2, -0.15) is 0 Å². The standard InChI is InChI=1S/C22H22FN/c1-13-9-14(2)11-16(10-13)22-19-8-7-17-18(5-4-6-20(17)23)21(19)15(3)12-24-22/h4-11,15,18,21H,12H2,1-3H3. The third kappa shape index (κ3) is 2.41. The largest absolute Gasteiger partial charge is 0.284 e. The first-order chi connectivity index (χ1) is 11.5. The van der Waals surface area contributed by atoms with Crippen LogP contribution in [0, 0.1) is 31.6 Å². The molecule has 1 aromatic carbocycles. The van der Waals surface area contributed by atoms with Gasteiger partial charge in [-0.3, -0.25) is 4.99 Å². The zero-order valence-electron chi connectivity index (χ0n) is 14.4. The van der Waals surface area contributed by atoms with Crippen LogP contribution in [0.3, 0.4) is 0 Å². The van der Waals surface area contributed by atoms with E-state index in [0.717, 1.165) is 17.8 Å². The van der Waals surface area contributed by atoms with Crippen molar-refractivity contribution in [2.45, 2.75) is 20.8 Å². The fourth-order valence-electron chi connectivity index (χ4n) is 4.31. The molecule has 4 rings (SSSR count). The number of hydrogen-bond donors (Lipinski definition) is 0. The van der Waals surface area contributed by atoms with Gasteiger partial charge in [0.25, 0.3) is 0 Å². The molecule has 2 aliphatic carbocycles. The van der Waals surface area contributed by atoms with Gasteiger partial charge in [-0.15, -0.1) is 0 Å². The monoisotopic (exact) mass is 319 g/mol. The smallest absolute Gasteiger partial charge is 0.127 e. The minimum atomic E-state index is -0.0968. The average Bonchev–Trinajstić information content (AvgIpc) is 2.54. The van der Waals surface area contributed by atoms with E-state index in [-0.39, 0.29) is 11.7 Å². The molecule has 122 valence electrons. The van der Waals surface area contributed by atoms with E-state index in [9.17, 15) is 4.39 Å². The van der Waals surface area contributed by atoms with Crippen molar-refractivity contribution in [1.29, 1.82) is 0 Å². The minimum Gasteiger partial charge on any atom is -0.284 e. The maximum atomic E-state index is 14.2. The molecule has 0 radical (unpaired) electrons. The Kier molecular flexibility index (Phi) is 3.64. The fraction of sp³-hybridized carbons (Fsp3) is 0.318. The van der Waals surface area contributed by atoms with Gasteiger partial charge < -0.3 is 0 Å². The molecule has 0 aromatic heterocycles. The topological polar surface area (TPSA) is 12.4 Å². The maximum Gasteiger partial charge on any atom is 0.127 e. The lowest BCUT2D eigenvalue weighted by molar-refractivity contribution is 0.351. The number of allylic oxidation sites excluding steroid dienone is 8. The molecule has 3 atom stereocenters. The second-order valence-corrected chi connectivity index (χ2v) is 7.24. The van der Waals surface area contributed by atoms with Crippen molar-refractivity contribution in [3.8, 4) is 0 Å². The van der Waals surface area contributed by atoms with E-state index in [1.165, 1.54) is 22.3 Å².